The predicted octanol–water partition coefficient (Wildman–Crippen LogP) is 3.89. The van der Waals surface area contributed by atoms with E-state index in [4.69, 9.17) is 5.10 Å². The normalized spacial score (nSPS) is 11.1. The van der Waals surface area contributed by atoms with Crippen molar-refractivity contribution in [3.8, 4) is 22.5 Å². The molecule has 0 spiro atoms. The average molecular weight is 358 g/mol. The summed E-state index contributed by atoms with van der Waals surface area (Å²) in [6.45, 7) is 7.62. The van der Waals surface area contributed by atoms with Crippen LogP contribution in [0.15, 0.2) is 55.1 Å². The van der Waals surface area contributed by atoms with Crippen LogP contribution in [0.1, 0.15) is 24.1 Å². The molecule has 0 saturated heterocycles. The fraction of sp³-hybridized carbons (Fsp3) is 0.238. The maximum atomic E-state index is 4.74. The lowest BCUT2D eigenvalue weighted by molar-refractivity contribution is 0.608. The Balaban J connectivity index is 1.63. The van der Waals surface area contributed by atoms with Crippen LogP contribution < -0.4 is 0 Å². The molecule has 0 atom stereocenters. The van der Waals surface area contributed by atoms with Gasteiger partial charge < -0.3 is 4.57 Å². The summed E-state index contributed by atoms with van der Waals surface area (Å²) in [6, 6.07) is 10.4. The van der Waals surface area contributed by atoms with Gasteiger partial charge in [-0.2, -0.15) is 5.10 Å². The highest BCUT2D eigenvalue weighted by molar-refractivity contribution is 5.70. The molecule has 0 fully saturated rings. The monoisotopic (exact) mass is 358 g/mol. The fourth-order valence-electron chi connectivity index (χ4n) is 3.18. The van der Waals surface area contributed by atoms with E-state index >= 15 is 0 Å². The van der Waals surface area contributed by atoms with Crippen molar-refractivity contribution in [2.24, 2.45) is 0 Å². The van der Waals surface area contributed by atoms with Gasteiger partial charge in [-0.15, -0.1) is 0 Å². The Morgan fingerprint density at radius 1 is 1.00 bits per heavy atom. The molecule has 4 aromatic rings. The minimum atomic E-state index is 0.657. The van der Waals surface area contributed by atoms with Crippen molar-refractivity contribution >= 4 is 0 Å². The van der Waals surface area contributed by atoms with Gasteiger partial charge in [0.05, 0.1) is 17.9 Å². The molecule has 0 N–H and O–H groups in total. The average Bonchev–Trinajstić information content (AvgIpc) is 3.33. The van der Waals surface area contributed by atoms with Gasteiger partial charge in [-0.25, -0.2) is 15.0 Å². The van der Waals surface area contributed by atoms with E-state index in [9.17, 15) is 0 Å². The van der Waals surface area contributed by atoms with Crippen LogP contribution in [0.2, 0.25) is 0 Å². The highest BCUT2D eigenvalue weighted by atomic mass is 15.3. The topological polar surface area (TPSA) is 61.4 Å². The Labute approximate surface area is 158 Å². The van der Waals surface area contributed by atoms with Crippen LogP contribution in [0.4, 0.5) is 0 Å². The molecule has 4 rings (SSSR count). The largest absolute Gasteiger partial charge is 0.334 e. The summed E-state index contributed by atoms with van der Waals surface area (Å²) >= 11 is 0. The number of aromatic nitrogens is 6. The van der Waals surface area contributed by atoms with Gasteiger partial charge in [-0.3, -0.25) is 4.68 Å². The van der Waals surface area contributed by atoms with Crippen molar-refractivity contribution in [1.29, 1.82) is 0 Å². The van der Waals surface area contributed by atoms with Gasteiger partial charge in [0.25, 0.3) is 0 Å². The second kappa shape index (κ2) is 7.15. The zero-order valence-electron chi connectivity index (χ0n) is 15.8. The Hall–Kier alpha value is -3.28. The molecule has 0 aliphatic rings. The molecule has 0 aliphatic heterocycles. The van der Waals surface area contributed by atoms with E-state index in [-0.39, 0.29) is 0 Å². The minimum absolute atomic E-state index is 0.657. The van der Waals surface area contributed by atoms with E-state index < -0.39 is 0 Å². The highest BCUT2D eigenvalue weighted by Crippen LogP contribution is 2.26. The van der Waals surface area contributed by atoms with Gasteiger partial charge in [-0.1, -0.05) is 18.2 Å². The summed E-state index contributed by atoms with van der Waals surface area (Å²) < 4.78 is 4.05. The van der Waals surface area contributed by atoms with Crippen molar-refractivity contribution in [1.82, 2.24) is 29.3 Å². The number of rotatable bonds is 5. The maximum Gasteiger partial charge on any atom is 0.130 e. The summed E-state index contributed by atoms with van der Waals surface area (Å²) in [6.07, 6.45) is 7.69. The number of nitrogens with zero attached hydrogens (tertiary/aromatic N) is 6. The molecule has 0 radical (unpaired) electrons. The van der Waals surface area contributed by atoms with Gasteiger partial charge in [0, 0.05) is 42.5 Å². The molecule has 1 aromatic carbocycles. The number of hydrogen-bond acceptors (Lipinski definition) is 4. The number of benzene rings is 1. The Morgan fingerprint density at radius 3 is 2.70 bits per heavy atom. The van der Waals surface area contributed by atoms with Crippen LogP contribution >= 0.6 is 0 Å². The molecule has 0 saturated carbocycles. The molecular formula is C21H22N6. The van der Waals surface area contributed by atoms with Crippen molar-refractivity contribution in [2.75, 3.05) is 0 Å². The van der Waals surface area contributed by atoms with Gasteiger partial charge >= 0.3 is 0 Å². The van der Waals surface area contributed by atoms with Crippen molar-refractivity contribution in [3.05, 3.63) is 72.3 Å². The van der Waals surface area contributed by atoms with Gasteiger partial charge in [0.15, 0.2) is 0 Å². The predicted molar refractivity (Wildman–Crippen MR) is 105 cm³/mol. The Morgan fingerprint density at radius 2 is 1.85 bits per heavy atom. The van der Waals surface area contributed by atoms with E-state index in [1.807, 2.05) is 55.4 Å². The second-order valence-corrected chi connectivity index (χ2v) is 6.56. The zero-order chi connectivity index (χ0) is 18.8. The third-order valence-electron chi connectivity index (χ3n) is 4.61. The molecule has 0 bridgehead atoms. The van der Waals surface area contributed by atoms with Gasteiger partial charge in [0.1, 0.15) is 11.6 Å². The molecule has 0 amide bonds. The first-order valence-corrected chi connectivity index (χ1v) is 9.08. The zero-order valence-corrected chi connectivity index (χ0v) is 15.8. The SMILES string of the molecule is CCn1ccnc1Cn1ccc(-c2cccc(-c3nc(C)ncc3C)c2)n1. The lowest BCUT2D eigenvalue weighted by Crippen LogP contribution is -2.08. The summed E-state index contributed by atoms with van der Waals surface area (Å²) in [5, 5.41) is 4.74. The molecule has 0 unspecified atom stereocenters. The van der Waals surface area contributed by atoms with E-state index in [1.54, 1.807) is 0 Å². The number of imidazole rings is 1. The summed E-state index contributed by atoms with van der Waals surface area (Å²) in [5.41, 5.74) is 5.12. The lowest BCUT2D eigenvalue weighted by atomic mass is 10.0. The Kier molecular flexibility index (Phi) is 4.54. The molecule has 3 heterocycles. The third kappa shape index (κ3) is 3.51. The Bertz CT molecular complexity index is 1080. The summed E-state index contributed by atoms with van der Waals surface area (Å²) in [5.74, 6) is 1.78. The summed E-state index contributed by atoms with van der Waals surface area (Å²) in [7, 11) is 0. The second-order valence-electron chi connectivity index (χ2n) is 6.56. The summed E-state index contributed by atoms with van der Waals surface area (Å²) in [4.78, 5) is 13.3. The molecule has 3 aromatic heterocycles. The first-order valence-electron chi connectivity index (χ1n) is 9.08. The first kappa shape index (κ1) is 17.1. The van der Waals surface area contributed by atoms with Crippen molar-refractivity contribution in [2.45, 2.75) is 33.9 Å². The first-order chi connectivity index (χ1) is 13.1. The van der Waals surface area contributed by atoms with Crippen LogP contribution in [0.5, 0.6) is 0 Å². The minimum Gasteiger partial charge on any atom is -0.334 e. The standard InChI is InChI=1S/C21H22N6/c1-4-26-11-9-22-20(26)14-27-10-8-19(25-27)17-6-5-7-18(12-17)21-15(2)13-23-16(3)24-21/h5-13H,4,14H2,1-3H3. The highest BCUT2D eigenvalue weighted by Gasteiger charge is 2.09. The van der Waals surface area contributed by atoms with Crippen LogP contribution in [0.25, 0.3) is 22.5 Å². The van der Waals surface area contributed by atoms with Crippen LogP contribution in [-0.4, -0.2) is 29.3 Å². The number of aryl methyl sites for hydroxylation is 3. The molecule has 0 aliphatic carbocycles. The van der Waals surface area contributed by atoms with E-state index in [0.717, 1.165) is 46.3 Å². The lowest BCUT2D eigenvalue weighted by Gasteiger charge is -2.07. The van der Waals surface area contributed by atoms with Crippen molar-refractivity contribution in [3.63, 3.8) is 0 Å². The van der Waals surface area contributed by atoms with Gasteiger partial charge in [0.2, 0.25) is 0 Å². The fourth-order valence-corrected chi connectivity index (χ4v) is 3.18. The number of hydrogen-bond donors (Lipinski definition) is 0. The van der Waals surface area contributed by atoms with E-state index in [1.165, 1.54) is 0 Å². The van der Waals surface area contributed by atoms with Crippen molar-refractivity contribution < 1.29 is 0 Å². The van der Waals surface area contributed by atoms with Gasteiger partial charge in [-0.05, 0) is 38.5 Å². The quantitative estimate of drug-likeness (QED) is 0.543. The van der Waals surface area contributed by atoms with Crippen LogP contribution in [-0.2, 0) is 13.1 Å². The van der Waals surface area contributed by atoms with Crippen LogP contribution in [0, 0.1) is 13.8 Å². The third-order valence-corrected chi connectivity index (χ3v) is 4.61. The molecular weight excluding hydrogens is 336 g/mol. The van der Waals surface area contributed by atoms with E-state index in [2.05, 4.69) is 44.6 Å². The van der Waals surface area contributed by atoms with E-state index in [0.29, 0.717) is 6.54 Å². The molecule has 6 heteroatoms. The molecule has 136 valence electrons. The molecule has 27 heavy (non-hydrogen) atoms. The molecule has 6 nitrogen and oxygen atoms in total. The smallest absolute Gasteiger partial charge is 0.130 e. The van der Waals surface area contributed by atoms with Crippen LogP contribution in [0.3, 0.4) is 0 Å². The maximum absolute atomic E-state index is 4.74.